The van der Waals surface area contributed by atoms with E-state index in [0.717, 1.165) is 44.9 Å². The molecule has 4 N–H and O–H groups in total. The van der Waals surface area contributed by atoms with Crippen LogP contribution in [0.15, 0.2) is 48.6 Å². The molecule has 0 fully saturated rings. The van der Waals surface area contributed by atoms with Gasteiger partial charge in [0, 0.05) is 12.8 Å². The average Bonchev–Trinajstić information content (AvgIpc) is 3.10. The van der Waals surface area contributed by atoms with E-state index in [1.165, 1.54) is 57.8 Å². The maximum Gasteiger partial charge on any atom is 0.472 e. The Morgan fingerprint density at radius 3 is 1.61 bits per heavy atom. The van der Waals surface area contributed by atoms with Crippen LogP contribution in [0.3, 0.4) is 0 Å². The first-order valence-corrected chi connectivity index (χ1v) is 20.7. The lowest BCUT2D eigenvalue weighted by molar-refractivity contribution is -0.161. The standard InChI is InChI=1S/C39H68NO10P/c1-3-5-7-9-11-13-15-16-17-18-19-20-21-23-24-26-28-30-37(41)47-32-35(33-48-51(45,46)49-34-36(40)39(43)44)50-38(42)31-29-27-25-22-14-12-10-8-6-4-2/h11,13,16-17,19-20,23-24,35-36H,3-10,12,14-15,18,21-22,25-34,40H2,1-2H3,(H,43,44)(H,45,46)/b13-11+,17-16+,20-19+,24-23+/t35-,36+/m0/s1. The number of aliphatic carboxylic acids is 1. The van der Waals surface area contributed by atoms with Crippen LogP contribution in [0.1, 0.15) is 149 Å². The third-order valence-corrected chi connectivity index (χ3v) is 8.78. The normalized spacial score (nSPS) is 14.4. The van der Waals surface area contributed by atoms with Crippen LogP contribution < -0.4 is 5.73 Å². The molecule has 1 unspecified atom stereocenters. The van der Waals surface area contributed by atoms with Crippen LogP contribution in [0.4, 0.5) is 0 Å². The van der Waals surface area contributed by atoms with E-state index < -0.39 is 51.1 Å². The fourth-order valence-corrected chi connectivity index (χ4v) is 5.54. The highest BCUT2D eigenvalue weighted by atomic mass is 31.2. The molecule has 12 heteroatoms. The first kappa shape index (κ1) is 48.4. The number of hydrogen-bond donors (Lipinski definition) is 3. The van der Waals surface area contributed by atoms with Crippen LogP contribution in [0.5, 0.6) is 0 Å². The Labute approximate surface area is 307 Å². The molecular formula is C39H68NO10P. The van der Waals surface area contributed by atoms with E-state index in [1.807, 2.05) is 12.2 Å². The zero-order valence-corrected chi connectivity index (χ0v) is 32.3. The van der Waals surface area contributed by atoms with Crippen molar-refractivity contribution in [3.8, 4) is 0 Å². The average molecular weight is 742 g/mol. The number of carbonyl (C=O) groups excluding carboxylic acids is 2. The molecule has 0 aromatic heterocycles. The third kappa shape index (κ3) is 34.3. The maximum atomic E-state index is 12.5. The number of carboxylic acid groups (broad SMARTS) is 1. The SMILES string of the molecule is CCCCC/C=C/C/C=C/C/C=C/C/C=C/CCCC(=O)OC[C@@H](COP(=O)(O)OC[C@@H](N)C(=O)O)OC(=O)CCCCCCCCCCCC. The van der Waals surface area contributed by atoms with Crippen LogP contribution in [-0.2, 0) is 37.5 Å². The second-order valence-corrected chi connectivity index (χ2v) is 14.2. The Balaban J connectivity index is 4.51. The quantitative estimate of drug-likeness (QED) is 0.0244. The van der Waals surface area contributed by atoms with Crippen LogP contribution in [0.25, 0.3) is 0 Å². The molecule has 0 amide bonds. The molecule has 0 spiro atoms. The molecule has 11 nitrogen and oxygen atoms in total. The van der Waals surface area contributed by atoms with Gasteiger partial charge < -0.3 is 25.2 Å². The second kappa shape index (κ2) is 34.5. The first-order valence-electron chi connectivity index (χ1n) is 19.2. The minimum Gasteiger partial charge on any atom is -0.480 e. The molecule has 0 rings (SSSR count). The Morgan fingerprint density at radius 1 is 0.608 bits per heavy atom. The molecule has 294 valence electrons. The molecule has 0 aliphatic carbocycles. The number of hydrogen-bond acceptors (Lipinski definition) is 9. The number of carboxylic acids is 1. The van der Waals surface area contributed by atoms with Crippen molar-refractivity contribution in [3.63, 3.8) is 0 Å². The number of carbonyl (C=O) groups is 3. The van der Waals surface area contributed by atoms with Gasteiger partial charge in [0.2, 0.25) is 0 Å². The predicted octanol–water partition coefficient (Wildman–Crippen LogP) is 9.44. The molecule has 0 saturated carbocycles. The van der Waals surface area contributed by atoms with Crippen molar-refractivity contribution in [3.05, 3.63) is 48.6 Å². The summed E-state index contributed by atoms with van der Waals surface area (Å²) in [5.41, 5.74) is 5.31. The number of unbranched alkanes of at least 4 members (excludes halogenated alkanes) is 13. The molecule has 0 bridgehead atoms. The largest absolute Gasteiger partial charge is 0.480 e. The van der Waals surface area contributed by atoms with Crippen molar-refractivity contribution < 1.29 is 47.5 Å². The van der Waals surface area contributed by atoms with Crippen molar-refractivity contribution >= 4 is 25.7 Å². The minimum absolute atomic E-state index is 0.146. The molecule has 0 aromatic rings. The van der Waals surface area contributed by atoms with E-state index in [9.17, 15) is 23.8 Å². The Hall–Kier alpha value is -2.56. The van der Waals surface area contributed by atoms with Gasteiger partial charge in [-0.15, -0.1) is 0 Å². The topological polar surface area (TPSA) is 172 Å². The van der Waals surface area contributed by atoms with Gasteiger partial charge in [0.25, 0.3) is 0 Å². The molecule has 3 atom stereocenters. The van der Waals surface area contributed by atoms with Gasteiger partial charge in [0.15, 0.2) is 6.10 Å². The molecule has 0 radical (unpaired) electrons. The van der Waals surface area contributed by atoms with E-state index in [-0.39, 0.29) is 19.4 Å². The van der Waals surface area contributed by atoms with Gasteiger partial charge in [-0.2, -0.15) is 0 Å². The van der Waals surface area contributed by atoms with Gasteiger partial charge in [0.1, 0.15) is 12.6 Å². The summed E-state index contributed by atoms with van der Waals surface area (Å²) < 4.78 is 32.5. The molecule has 51 heavy (non-hydrogen) atoms. The van der Waals surface area contributed by atoms with Gasteiger partial charge in [-0.3, -0.25) is 23.4 Å². The lowest BCUT2D eigenvalue weighted by Crippen LogP contribution is -2.34. The van der Waals surface area contributed by atoms with Crippen LogP contribution in [-0.4, -0.2) is 59.9 Å². The zero-order valence-electron chi connectivity index (χ0n) is 31.4. The summed E-state index contributed by atoms with van der Waals surface area (Å²) in [6.45, 7) is 2.67. The van der Waals surface area contributed by atoms with Crippen LogP contribution in [0.2, 0.25) is 0 Å². The van der Waals surface area contributed by atoms with E-state index in [1.54, 1.807) is 0 Å². The second-order valence-electron chi connectivity index (χ2n) is 12.7. The molecule has 0 aromatic carbocycles. The number of esters is 2. The van der Waals surface area contributed by atoms with Crippen molar-refractivity contribution in [2.45, 2.75) is 161 Å². The Kier molecular flexibility index (Phi) is 32.8. The van der Waals surface area contributed by atoms with E-state index in [4.69, 9.17) is 24.8 Å². The highest BCUT2D eigenvalue weighted by Gasteiger charge is 2.28. The van der Waals surface area contributed by atoms with E-state index in [0.29, 0.717) is 19.3 Å². The summed E-state index contributed by atoms with van der Waals surface area (Å²) in [7, 11) is -4.72. The summed E-state index contributed by atoms with van der Waals surface area (Å²) in [5, 5.41) is 8.85. The van der Waals surface area contributed by atoms with Crippen molar-refractivity contribution in [1.29, 1.82) is 0 Å². The Morgan fingerprint density at radius 2 is 1.06 bits per heavy atom. The predicted molar refractivity (Wildman–Crippen MR) is 203 cm³/mol. The Bertz CT molecular complexity index is 1060. The maximum absolute atomic E-state index is 12.5. The lowest BCUT2D eigenvalue weighted by atomic mass is 10.1. The number of phosphoric ester groups is 1. The minimum atomic E-state index is -4.72. The fraction of sp³-hybridized carbons (Fsp3) is 0.718. The number of phosphoric acid groups is 1. The van der Waals surface area contributed by atoms with Crippen LogP contribution in [0, 0.1) is 0 Å². The van der Waals surface area contributed by atoms with Crippen molar-refractivity contribution in [2.75, 3.05) is 19.8 Å². The monoisotopic (exact) mass is 741 g/mol. The highest BCUT2D eigenvalue weighted by Crippen LogP contribution is 2.43. The fourth-order valence-electron chi connectivity index (χ4n) is 4.76. The molecule has 0 aliphatic heterocycles. The smallest absolute Gasteiger partial charge is 0.472 e. The van der Waals surface area contributed by atoms with Crippen LogP contribution >= 0.6 is 7.82 Å². The number of ether oxygens (including phenoxy) is 2. The number of nitrogens with two attached hydrogens (primary N) is 1. The molecule has 0 heterocycles. The molecular weight excluding hydrogens is 673 g/mol. The zero-order chi connectivity index (χ0) is 37.8. The highest BCUT2D eigenvalue weighted by molar-refractivity contribution is 7.47. The summed E-state index contributed by atoms with van der Waals surface area (Å²) in [4.78, 5) is 45.7. The van der Waals surface area contributed by atoms with Crippen molar-refractivity contribution in [1.82, 2.24) is 0 Å². The summed E-state index contributed by atoms with van der Waals surface area (Å²) in [6.07, 6.45) is 36.2. The van der Waals surface area contributed by atoms with Gasteiger partial charge in [-0.25, -0.2) is 4.57 Å². The summed E-state index contributed by atoms with van der Waals surface area (Å²) in [5.74, 6) is -2.46. The number of allylic oxidation sites excluding steroid dienone is 8. The lowest BCUT2D eigenvalue weighted by Gasteiger charge is -2.20. The van der Waals surface area contributed by atoms with E-state index >= 15 is 0 Å². The summed E-state index contributed by atoms with van der Waals surface area (Å²) in [6, 6.07) is -1.53. The van der Waals surface area contributed by atoms with Gasteiger partial charge >= 0.3 is 25.7 Å². The van der Waals surface area contributed by atoms with Crippen molar-refractivity contribution in [2.24, 2.45) is 5.73 Å². The first-order chi connectivity index (χ1) is 24.6. The number of rotatable bonds is 35. The molecule has 0 aliphatic rings. The van der Waals surface area contributed by atoms with Gasteiger partial charge in [-0.1, -0.05) is 133 Å². The van der Waals surface area contributed by atoms with E-state index in [2.05, 4.69) is 54.8 Å². The molecule has 0 saturated heterocycles. The van der Waals surface area contributed by atoms with Gasteiger partial charge in [0.05, 0.1) is 13.2 Å². The third-order valence-electron chi connectivity index (χ3n) is 7.83. The summed E-state index contributed by atoms with van der Waals surface area (Å²) >= 11 is 0. The van der Waals surface area contributed by atoms with Gasteiger partial charge in [-0.05, 0) is 51.4 Å².